The number of alkyl halides is 3. The molecule has 1 aromatic heterocycles. The molecule has 9 heteroatoms. The van der Waals surface area contributed by atoms with E-state index in [1.807, 2.05) is 0 Å². The summed E-state index contributed by atoms with van der Waals surface area (Å²) in [4.78, 5) is 21.9. The van der Waals surface area contributed by atoms with Crippen LogP contribution in [0.3, 0.4) is 0 Å². The summed E-state index contributed by atoms with van der Waals surface area (Å²) in [6.07, 6.45) is -2.05. The molecule has 1 saturated heterocycles. The van der Waals surface area contributed by atoms with Crippen LogP contribution in [0.5, 0.6) is 11.6 Å². The van der Waals surface area contributed by atoms with Crippen molar-refractivity contribution in [3.05, 3.63) is 47.9 Å². The van der Waals surface area contributed by atoms with Gasteiger partial charge in [0.2, 0.25) is 0 Å². The predicted octanol–water partition coefficient (Wildman–Crippen LogP) is 2.76. The molecule has 1 aromatic carbocycles. The van der Waals surface area contributed by atoms with Crippen molar-refractivity contribution in [3.8, 4) is 11.6 Å². The molecule has 2 heterocycles. The largest absolute Gasteiger partial charge is 0.436 e. The van der Waals surface area contributed by atoms with Crippen molar-refractivity contribution in [3.63, 3.8) is 0 Å². The van der Waals surface area contributed by atoms with E-state index in [4.69, 9.17) is 9.47 Å². The Morgan fingerprint density at radius 1 is 1.12 bits per heavy atom. The summed E-state index contributed by atoms with van der Waals surface area (Å²) in [6, 6.07) is 4.73. The van der Waals surface area contributed by atoms with Gasteiger partial charge in [0, 0.05) is 25.5 Å². The number of carbonyl (C=O) groups excluding carboxylic acids is 1. The highest BCUT2D eigenvalue weighted by molar-refractivity contribution is 5.94. The quantitative estimate of drug-likeness (QED) is 0.849. The third-order valence-electron chi connectivity index (χ3n) is 3.56. The minimum atomic E-state index is -4.59. The molecule has 0 spiro atoms. The predicted molar refractivity (Wildman–Crippen MR) is 80.3 cm³/mol. The molecule has 132 valence electrons. The van der Waals surface area contributed by atoms with Crippen molar-refractivity contribution >= 4 is 5.91 Å². The fourth-order valence-electron chi connectivity index (χ4n) is 2.36. The van der Waals surface area contributed by atoms with Crippen LogP contribution in [0.15, 0.2) is 36.7 Å². The molecule has 1 aliphatic heterocycles. The number of carbonyl (C=O) groups is 1. The molecule has 6 nitrogen and oxygen atoms in total. The summed E-state index contributed by atoms with van der Waals surface area (Å²) in [5.41, 5.74) is -1.09. The summed E-state index contributed by atoms with van der Waals surface area (Å²) in [7, 11) is 0. The van der Waals surface area contributed by atoms with Crippen LogP contribution in [0.4, 0.5) is 13.2 Å². The summed E-state index contributed by atoms with van der Waals surface area (Å²) in [5.74, 6) is -1.17. The molecule has 0 radical (unpaired) electrons. The third kappa shape index (κ3) is 3.87. The third-order valence-corrected chi connectivity index (χ3v) is 3.56. The molecule has 25 heavy (non-hydrogen) atoms. The van der Waals surface area contributed by atoms with Gasteiger partial charge in [0.15, 0.2) is 5.69 Å². The van der Waals surface area contributed by atoms with Gasteiger partial charge >= 0.3 is 6.18 Å². The maximum atomic E-state index is 13.1. The summed E-state index contributed by atoms with van der Waals surface area (Å²) >= 11 is 0. The topological polar surface area (TPSA) is 64.5 Å². The van der Waals surface area contributed by atoms with Crippen molar-refractivity contribution in [2.75, 3.05) is 26.3 Å². The number of halogens is 3. The molecule has 0 bridgehead atoms. The van der Waals surface area contributed by atoms with Crippen LogP contribution >= 0.6 is 0 Å². The van der Waals surface area contributed by atoms with Gasteiger partial charge in [-0.15, -0.1) is 0 Å². The molecule has 1 amide bonds. The fourth-order valence-corrected chi connectivity index (χ4v) is 2.36. The van der Waals surface area contributed by atoms with Crippen LogP contribution in [-0.2, 0) is 10.9 Å². The Bertz CT molecular complexity index is 762. The van der Waals surface area contributed by atoms with Gasteiger partial charge in [-0.05, 0) is 12.1 Å². The number of para-hydroxylation sites is 1. The lowest BCUT2D eigenvalue weighted by atomic mass is 10.2. The molecular weight excluding hydrogens is 339 g/mol. The van der Waals surface area contributed by atoms with Crippen LogP contribution < -0.4 is 4.74 Å². The smallest absolute Gasteiger partial charge is 0.419 e. The molecular formula is C16H14F3N3O3. The first-order valence-electron chi connectivity index (χ1n) is 7.49. The van der Waals surface area contributed by atoms with E-state index in [-0.39, 0.29) is 11.6 Å². The molecule has 0 atom stereocenters. The summed E-state index contributed by atoms with van der Waals surface area (Å²) < 4.78 is 49.8. The highest BCUT2D eigenvalue weighted by Crippen LogP contribution is 2.37. The van der Waals surface area contributed by atoms with Gasteiger partial charge in [-0.25, -0.2) is 9.97 Å². The van der Waals surface area contributed by atoms with E-state index < -0.39 is 23.4 Å². The Morgan fingerprint density at radius 2 is 1.80 bits per heavy atom. The maximum Gasteiger partial charge on any atom is 0.419 e. The van der Waals surface area contributed by atoms with Crippen molar-refractivity contribution in [1.82, 2.24) is 14.9 Å². The van der Waals surface area contributed by atoms with Crippen LogP contribution in [-0.4, -0.2) is 47.1 Å². The van der Waals surface area contributed by atoms with Gasteiger partial charge in [0.25, 0.3) is 11.8 Å². The van der Waals surface area contributed by atoms with E-state index >= 15 is 0 Å². The molecule has 3 rings (SSSR count). The van der Waals surface area contributed by atoms with Gasteiger partial charge in [0.1, 0.15) is 5.75 Å². The molecule has 0 aliphatic carbocycles. The van der Waals surface area contributed by atoms with Crippen molar-refractivity contribution in [2.24, 2.45) is 0 Å². The number of hydrogen-bond acceptors (Lipinski definition) is 5. The standard InChI is InChI=1S/C16H14F3N3O3/c17-16(18,19)11-3-1-2-4-12(11)25-14-13(20-5-6-21-14)15(23)22-7-9-24-10-8-22/h1-6H,7-10H2. The second-order valence-corrected chi connectivity index (χ2v) is 5.21. The van der Waals surface area contributed by atoms with Gasteiger partial charge in [-0.1, -0.05) is 12.1 Å². The second-order valence-electron chi connectivity index (χ2n) is 5.21. The number of amides is 1. The fraction of sp³-hybridized carbons (Fsp3) is 0.312. The number of benzene rings is 1. The molecule has 2 aromatic rings. The van der Waals surface area contributed by atoms with Gasteiger partial charge in [0.05, 0.1) is 18.8 Å². The Kier molecular flexibility index (Phi) is 4.84. The Labute approximate surface area is 141 Å². The number of morpholine rings is 1. The molecule has 0 saturated carbocycles. The minimum absolute atomic E-state index is 0.138. The Hall–Kier alpha value is -2.68. The first-order valence-corrected chi connectivity index (χ1v) is 7.49. The number of ether oxygens (including phenoxy) is 2. The van der Waals surface area contributed by atoms with Crippen molar-refractivity contribution in [1.29, 1.82) is 0 Å². The van der Waals surface area contributed by atoms with Crippen LogP contribution in [0, 0.1) is 0 Å². The van der Waals surface area contributed by atoms with Crippen molar-refractivity contribution in [2.45, 2.75) is 6.18 Å². The van der Waals surface area contributed by atoms with E-state index in [0.717, 1.165) is 6.07 Å². The van der Waals surface area contributed by atoms with E-state index in [1.165, 1.54) is 35.5 Å². The highest BCUT2D eigenvalue weighted by Gasteiger charge is 2.35. The van der Waals surface area contributed by atoms with E-state index in [2.05, 4.69) is 9.97 Å². The Balaban J connectivity index is 1.91. The SMILES string of the molecule is O=C(c1nccnc1Oc1ccccc1C(F)(F)F)N1CCOCC1. The number of nitrogens with zero attached hydrogens (tertiary/aromatic N) is 3. The van der Waals surface area contributed by atoms with Crippen LogP contribution in [0.1, 0.15) is 16.1 Å². The van der Waals surface area contributed by atoms with E-state index in [9.17, 15) is 18.0 Å². The monoisotopic (exact) mass is 353 g/mol. The van der Waals surface area contributed by atoms with Gasteiger partial charge in [-0.2, -0.15) is 13.2 Å². The molecule has 1 aliphatic rings. The van der Waals surface area contributed by atoms with Gasteiger partial charge < -0.3 is 14.4 Å². The zero-order valence-electron chi connectivity index (χ0n) is 13.0. The zero-order chi connectivity index (χ0) is 17.9. The number of hydrogen-bond donors (Lipinski definition) is 0. The van der Waals surface area contributed by atoms with Crippen LogP contribution in [0.25, 0.3) is 0 Å². The second kappa shape index (κ2) is 7.06. The van der Waals surface area contributed by atoms with Crippen molar-refractivity contribution < 1.29 is 27.4 Å². The zero-order valence-corrected chi connectivity index (χ0v) is 13.0. The first-order chi connectivity index (χ1) is 12.0. The normalized spacial score (nSPS) is 15.1. The number of aromatic nitrogens is 2. The first kappa shape index (κ1) is 17.2. The average Bonchev–Trinajstić information content (AvgIpc) is 2.62. The maximum absolute atomic E-state index is 13.1. The summed E-state index contributed by atoms with van der Waals surface area (Å²) in [5, 5.41) is 0. The van der Waals surface area contributed by atoms with Crippen LogP contribution in [0.2, 0.25) is 0 Å². The highest BCUT2D eigenvalue weighted by atomic mass is 19.4. The van der Waals surface area contributed by atoms with E-state index in [0.29, 0.717) is 26.3 Å². The molecule has 0 unspecified atom stereocenters. The lowest BCUT2D eigenvalue weighted by molar-refractivity contribution is -0.138. The van der Waals surface area contributed by atoms with E-state index in [1.54, 1.807) is 0 Å². The minimum Gasteiger partial charge on any atom is -0.436 e. The summed E-state index contributed by atoms with van der Waals surface area (Å²) in [6.45, 7) is 1.51. The molecule has 1 fully saturated rings. The Morgan fingerprint density at radius 3 is 2.52 bits per heavy atom. The lowest BCUT2D eigenvalue weighted by Crippen LogP contribution is -2.41. The lowest BCUT2D eigenvalue weighted by Gasteiger charge is -2.26. The average molecular weight is 353 g/mol. The number of rotatable bonds is 3. The molecule has 0 N–H and O–H groups in total. The van der Waals surface area contributed by atoms with Gasteiger partial charge in [-0.3, -0.25) is 4.79 Å².